The van der Waals surface area contributed by atoms with Crippen LogP contribution in [0.3, 0.4) is 0 Å². The van der Waals surface area contributed by atoms with E-state index in [2.05, 4.69) is 35.6 Å². The molecule has 3 aromatic rings. The van der Waals surface area contributed by atoms with Crippen molar-refractivity contribution in [1.82, 2.24) is 10.2 Å². The minimum Gasteiger partial charge on any atom is -0.497 e. The van der Waals surface area contributed by atoms with Gasteiger partial charge in [-0.3, -0.25) is 9.59 Å². The highest BCUT2D eigenvalue weighted by Gasteiger charge is 2.45. The first-order valence-electron chi connectivity index (χ1n) is 11.3. The molecule has 0 aliphatic carbocycles. The van der Waals surface area contributed by atoms with Crippen LogP contribution in [-0.4, -0.2) is 44.0 Å². The van der Waals surface area contributed by atoms with E-state index in [4.69, 9.17) is 4.74 Å². The molecule has 170 valence electrons. The lowest BCUT2D eigenvalue weighted by molar-refractivity contribution is -0.132. The van der Waals surface area contributed by atoms with Gasteiger partial charge in [-0.05, 0) is 47.2 Å². The third kappa shape index (κ3) is 5.08. The third-order valence-electron chi connectivity index (χ3n) is 6.51. The lowest BCUT2D eigenvalue weighted by Crippen LogP contribution is -2.44. The van der Waals surface area contributed by atoms with E-state index in [1.165, 1.54) is 0 Å². The summed E-state index contributed by atoms with van der Waals surface area (Å²) in [5, 5.41) is 2.85. The van der Waals surface area contributed by atoms with E-state index in [0.717, 1.165) is 28.0 Å². The van der Waals surface area contributed by atoms with Crippen LogP contribution < -0.4 is 10.1 Å². The van der Waals surface area contributed by atoms with Gasteiger partial charge < -0.3 is 15.0 Å². The number of amides is 2. The summed E-state index contributed by atoms with van der Waals surface area (Å²) < 4.78 is 5.19. The molecule has 1 aliphatic rings. The van der Waals surface area contributed by atoms with E-state index in [0.29, 0.717) is 32.4 Å². The SMILES string of the molecule is CNC(=O)[C@]1(Cc2cccc(-c3ccccc3)c2)CCN(C(=O)Cc2ccc(OC)cc2)C1. The quantitative estimate of drug-likeness (QED) is 0.599. The third-order valence-corrected chi connectivity index (χ3v) is 6.51. The van der Waals surface area contributed by atoms with Gasteiger partial charge in [0.15, 0.2) is 0 Å². The van der Waals surface area contributed by atoms with Crippen molar-refractivity contribution in [1.29, 1.82) is 0 Å². The number of benzene rings is 3. The average molecular weight is 443 g/mol. The summed E-state index contributed by atoms with van der Waals surface area (Å²) in [6.45, 7) is 1.01. The molecule has 1 heterocycles. The predicted octanol–water partition coefficient (Wildman–Crippen LogP) is 4.11. The minimum absolute atomic E-state index is 0.00707. The smallest absolute Gasteiger partial charge is 0.228 e. The summed E-state index contributed by atoms with van der Waals surface area (Å²) in [6, 6.07) is 26.1. The fourth-order valence-corrected chi connectivity index (χ4v) is 4.67. The van der Waals surface area contributed by atoms with E-state index in [1.807, 2.05) is 53.4 Å². The van der Waals surface area contributed by atoms with Crippen LogP contribution in [0.25, 0.3) is 11.1 Å². The molecule has 5 heteroatoms. The summed E-state index contributed by atoms with van der Waals surface area (Å²) >= 11 is 0. The normalized spacial score (nSPS) is 17.6. The lowest BCUT2D eigenvalue weighted by Gasteiger charge is -2.28. The Morgan fingerprint density at radius 2 is 1.67 bits per heavy atom. The Bertz CT molecular complexity index is 1110. The number of carbonyl (C=O) groups is 2. The van der Waals surface area contributed by atoms with Crippen molar-refractivity contribution in [3.8, 4) is 16.9 Å². The molecule has 33 heavy (non-hydrogen) atoms. The maximum absolute atomic E-state index is 13.0. The van der Waals surface area contributed by atoms with Gasteiger partial charge in [0.1, 0.15) is 5.75 Å². The van der Waals surface area contributed by atoms with E-state index in [9.17, 15) is 9.59 Å². The zero-order valence-electron chi connectivity index (χ0n) is 19.2. The van der Waals surface area contributed by atoms with Gasteiger partial charge in [-0.15, -0.1) is 0 Å². The van der Waals surface area contributed by atoms with Gasteiger partial charge in [0.05, 0.1) is 18.9 Å². The Labute approximate surface area is 195 Å². The number of carbonyl (C=O) groups excluding carboxylic acids is 2. The van der Waals surface area contributed by atoms with Crippen LogP contribution in [0.2, 0.25) is 0 Å². The molecule has 1 aliphatic heterocycles. The zero-order valence-corrected chi connectivity index (χ0v) is 19.2. The molecule has 1 N–H and O–H groups in total. The van der Waals surface area contributed by atoms with Crippen molar-refractivity contribution in [2.24, 2.45) is 5.41 Å². The van der Waals surface area contributed by atoms with Crippen molar-refractivity contribution < 1.29 is 14.3 Å². The van der Waals surface area contributed by atoms with Crippen LogP contribution in [0.4, 0.5) is 0 Å². The number of likely N-dealkylation sites (tertiary alicyclic amines) is 1. The second kappa shape index (κ2) is 9.90. The molecule has 0 aromatic heterocycles. The van der Waals surface area contributed by atoms with Crippen molar-refractivity contribution in [2.45, 2.75) is 19.3 Å². The second-order valence-electron chi connectivity index (χ2n) is 8.69. The number of rotatable bonds is 7. The Kier molecular flexibility index (Phi) is 6.78. The van der Waals surface area contributed by atoms with Gasteiger partial charge in [-0.1, -0.05) is 66.7 Å². The van der Waals surface area contributed by atoms with Gasteiger partial charge in [-0.2, -0.15) is 0 Å². The van der Waals surface area contributed by atoms with Gasteiger partial charge in [0.2, 0.25) is 11.8 Å². The molecule has 2 amide bonds. The topological polar surface area (TPSA) is 58.6 Å². The molecule has 3 aromatic carbocycles. The first-order valence-corrected chi connectivity index (χ1v) is 11.3. The Morgan fingerprint density at radius 3 is 2.36 bits per heavy atom. The van der Waals surface area contributed by atoms with E-state index < -0.39 is 5.41 Å². The van der Waals surface area contributed by atoms with Crippen LogP contribution in [0.1, 0.15) is 17.5 Å². The number of nitrogens with one attached hydrogen (secondary N) is 1. The number of ether oxygens (including phenoxy) is 1. The summed E-state index contributed by atoms with van der Waals surface area (Å²) in [6.07, 6.45) is 1.56. The van der Waals surface area contributed by atoms with Crippen molar-refractivity contribution in [3.05, 3.63) is 90.0 Å². The van der Waals surface area contributed by atoms with E-state index in [-0.39, 0.29) is 11.8 Å². The first-order chi connectivity index (χ1) is 16.0. The molecule has 0 unspecified atom stereocenters. The van der Waals surface area contributed by atoms with E-state index in [1.54, 1.807) is 14.2 Å². The van der Waals surface area contributed by atoms with Crippen molar-refractivity contribution in [3.63, 3.8) is 0 Å². The average Bonchev–Trinajstić information content (AvgIpc) is 3.30. The van der Waals surface area contributed by atoms with Crippen LogP contribution in [-0.2, 0) is 22.4 Å². The standard InChI is InChI=1S/C28H30N2O3/c1-29-27(32)28(19-22-7-6-10-24(17-22)23-8-4-3-5-9-23)15-16-30(20-28)26(31)18-21-11-13-25(33-2)14-12-21/h3-14,17H,15-16,18-20H2,1-2H3,(H,29,32)/t28-/m0/s1. The molecule has 0 spiro atoms. The fraction of sp³-hybridized carbons (Fsp3) is 0.286. The van der Waals surface area contributed by atoms with Crippen molar-refractivity contribution in [2.75, 3.05) is 27.2 Å². The maximum Gasteiger partial charge on any atom is 0.228 e. The number of hydrogen-bond acceptors (Lipinski definition) is 3. The van der Waals surface area contributed by atoms with Crippen LogP contribution >= 0.6 is 0 Å². The van der Waals surface area contributed by atoms with Crippen LogP contribution in [0, 0.1) is 5.41 Å². The van der Waals surface area contributed by atoms with Crippen LogP contribution in [0.15, 0.2) is 78.9 Å². The van der Waals surface area contributed by atoms with Gasteiger partial charge in [0, 0.05) is 20.1 Å². The summed E-state index contributed by atoms with van der Waals surface area (Å²) in [7, 11) is 3.30. The van der Waals surface area contributed by atoms with Crippen molar-refractivity contribution >= 4 is 11.8 Å². The minimum atomic E-state index is -0.625. The Balaban J connectivity index is 1.50. The Morgan fingerprint density at radius 1 is 0.939 bits per heavy atom. The number of methoxy groups -OCH3 is 1. The molecule has 1 saturated heterocycles. The Hall–Kier alpha value is -3.60. The maximum atomic E-state index is 13.0. The highest BCUT2D eigenvalue weighted by molar-refractivity contribution is 5.86. The monoisotopic (exact) mass is 442 g/mol. The number of nitrogens with zero attached hydrogens (tertiary/aromatic N) is 1. The summed E-state index contributed by atoms with van der Waals surface area (Å²) in [5.41, 5.74) is 3.69. The molecule has 5 nitrogen and oxygen atoms in total. The number of hydrogen-bond donors (Lipinski definition) is 1. The predicted molar refractivity (Wildman–Crippen MR) is 130 cm³/mol. The van der Waals surface area contributed by atoms with Crippen LogP contribution in [0.5, 0.6) is 5.75 Å². The molecule has 1 fully saturated rings. The fourth-order valence-electron chi connectivity index (χ4n) is 4.67. The molecule has 0 radical (unpaired) electrons. The molecule has 0 bridgehead atoms. The zero-order chi connectivity index (χ0) is 23.3. The van der Waals surface area contributed by atoms with E-state index >= 15 is 0 Å². The highest BCUT2D eigenvalue weighted by atomic mass is 16.5. The molecule has 4 rings (SSSR count). The molecular weight excluding hydrogens is 412 g/mol. The van der Waals surface area contributed by atoms with Gasteiger partial charge in [-0.25, -0.2) is 0 Å². The summed E-state index contributed by atoms with van der Waals surface area (Å²) in [5.74, 6) is 0.806. The molecule has 0 saturated carbocycles. The van der Waals surface area contributed by atoms with Gasteiger partial charge in [0.25, 0.3) is 0 Å². The lowest BCUT2D eigenvalue weighted by atomic mass is 9.79. The summed E-state index contributed by atoms with van der Waals surface area (Å²) in [4.78, 5) is 27.9. The highest BCUT2D eigenvalue weighted by Crippen LogP contribution is 2.36. The first kappa shape index (κ1) is 22.6. The molecular formula is C28H30N2O3. The second-order valence-corrected chi connectivity index (χ2v) is 8.69. The van der Waals surface area contributed by atoms with Gasteiger partial charge >= 0.3 is 0 Å². The largest absolute Gasteiger partial charge is 0.497 e. The molecule has 1 atom stereocenters.